The maximum Gasteiger partial charge on any atom is 0.225 e. The minimum absolute atomic E-state index is 0.0712. The lowest BCUT2D eigenvalue weighted by Gasteiger charge is -2.42. The molecule has 0 saturated carbocycles. The number of nitrogens with one attached hydrogen (secondary N) is 1. The van der Waals surface area contributed by atoms with Gasteiger partial charge in [-0.2, -0.15) is 0 Å². The SMILES string of the molecule is CCS(=O)(=O)N1CCC2(CC1)NC(=O)[C@@H]1CN(c3ncccn3)C[C@@H]12. The van der Waals surface area contributed by atoms with Crippen LogP contribution in [0.1, 0.15) is 19.8 Å². The number of aromatic nitrogens is 2. The molecule has 136 valence electrons. The third-order valence-corrected chi connectivity index (χ3v) is 7.83. The van der Waals surface area contributed by atoms with Crippen LogP contribution in [0.4, 0.5) is 5.95 Å². The third kappa shape index (κ3) is 2.69. The molecule has 0 bridgehead atoms. The molecule has 1 N–H and O–H groups in total. The highest BCUT2D eigenvalue weighted by Crippen LogP contribution is 2.44. The summed E-state index contributed by atoms with van der Waals surface area (Å²) in [5.74, 6) is 0.965. The number of rotatable bonds is 3. The van der Waals surface area contributed by atoms with Gasteiger partial charge in [0.2, 0.25) is 21.9 Å². The van der Waals surface area contributed by atoms with Crippen LogP contribution in [0, 0.1) is 11.8 Å². The maximum absolute atomic E-state index is 12.5. The van der Waals surface area contributed by atoms with Gasteiger partial charge in [0.05, 0.1) is 11.7 Å². The summed E-state index contributed by atoms with van der Waals surface area (Å²) in [5.41, 5.74) is -0.301. The van der Waals surface area contributed by atoms with Gasteiger partial charge in [0.1, 0.15) is 0 Å². The Morgan fingerprint density at radius 3 is 2.56 bits per heavy atom. The number of anilines is 1. The van der Waals surface area contributed by atoms with Crippen molar-refractivity contribution in [3.05, 3.63) is 18.5 Å². The van der Waals surface area contributed by atoms with Crippen LogP contribution in [0.3, 0.4) is 0 Å². The molecule has 1 aromatic heterocycles. The molecule has 1 spiro atoms. The van der Waals surface area contributed by atoms with Crippen molar-refractivity contribution in [1.29, 1.82) is 0 Å². The molecule has 3 fully saturated rings. The lowest BCUT2D eigenvalue weighted by Crippen LogP contribution is -2.56. The van der Waals surface area contributed by atoms with Crippen molar-refractivity contribution >= 4 is 21.9 Å². The van der Waals surface area contributed by atoms with Crippen molar-refractivity contribution in [2.45, 2.75) is 25.3 Å². The van der Waals surface area contributed by atoms with Gasteiger partial charge in [0.25, 0.3) is 0 Å². The molecule has 0 unspecified atom stereocenters. The van der Waals surface area contributed by atoms with Crippen LogP contribution in [0.25, 0.3) is 0 Å². The average molecular weight is 365 g/mol. The fraction of sp³-hybridized carbons (Fsp3) is 0.688. The number of sulfonamides is 1. The zero-order valence-electron chi connectivity index (χ0n) is 14.3. The third-order valence-electron chi connectivity index (χ3n) is 5.95. The van der Waals surface area contributed by atoms with Gasteiger partial charge in [-0.3, -0.25) is 4.79 Å². The second kappa shape index (κ2) is 5.91. The molecule has 4 heterocycles. The Kier molecular flexibility index (Phi) is 3.95. The van der Waals surface area contributed by atoms with E-state index in [1.807, 2.05) is 0 Å². The van der Waals surface area contributed by atoms with Gasteiger partial charge in [-0.15, -0.1) is 0 Å². The van der Waals surface area contributed by atoms with Crippen LogP contribution in [0.15, 0.2) is 18.5 Å². The Labute approximate surface area is 147 Å². The van der Waals surface area contributed by atoms with Crippen LogP contribution >= 0.6 is 0 Å². The van der Waals surface area contributed by atoms with Gasteiger partial charge in [0.15, 0.2) is 0 Å². The van der Waals surface area contributed by atoms with Crippen LogP contribution in [0.2, 0.25) is 0 Å². The Balaban J connectivity index is 1.52. The number of hydrogen-bond acceptors (Lipinski definition) is 6. The van der Waals surface area contributed by atoms with E-state index in [1.165, 1.54) is 0 Å². The summed E-state index contributed by atoms with van der Waals surface area (Å²) in [6.07, 6.45) is 4.76. The second-order valence-electron chi connectivity index (χ2n) is 7.11. The first-order valence-electron chi connectivity index (χ1n) is 8.77. The average Bonchev–Trinajstić information content (AvgIpc) is 3.17. The number of fused-ring (bicyclic) bond motifs is 2. The molecular weight excluding hydrogens is 342 g/mol. The normalized spacial score (nSPS) is 29.0. The van der Waals surface area contributed by atoms with E-state index >= 15 is 0 Å². The van der Waals surface area contributed by atoms with E-state index in [-0.39, 0.29) is 29.0 Å². The van der Waals surface area contributed by atoms with Gasteiger partial charge in [-0.05, 0) is 25.8 Å². The second-order valence-corrected chi connectivity index (χ2v) is 9.37. The number of nitrogens with zero attached hydrogens (tertiary/aromatic N) is 4. The molecule has 3 aliphatic rings. The van der Waals surface area contributed by atoms with Crippen LogP contribution in [-0.4, -0.2) is 66.1 Å². The maximum atomic E-state index is 12.5. The van der Waals surface area contributed by atoms with Crippen LogP contribution in [-0.2, 0) is 14.8 Å². The van der Waals surface area contributed by atoms with E-state index in [2.05, 4.69) is 20.2 Å². The summed E-state index contributed by atoms with van der Waals surface area (Å²) in [6.45, 7) is 3.97. The standard InChI is InChI=1S/C16H23N5O3S/c1-2-25(23,24)21-8-4-16(5-9-21)13-11-20(10-12(13)14(22)19-16)15-17-6-3-7-18-15/h3,6-7,12-13H,2,4-5,8-11H2,1H3,(H,19,22)/t12-,13+/m1/s1. The molecule has 4 rings (SSSR count). The lowest BCUT2D eigenvalue weighted by molar-refractivity contribution is -0.122. The zero-order valence-corrected chi connectivity index (χ0v) is 15.1. The first-order chi connectivity index (χ1) is 12.0. The summed E-state index contributed by atoms with van der Waals surface area (Å²) in [7, 11) is -3.17. The lowest BCUT2D eigenvalue weighted by atomic mass is 9.76. The molecule has 1 amide bonds. The number of piperidine rings is 1. The summed E-state index contributed by atoms with van der Waals surface area (Å²) in [6, 6.07) is 1.78. The van der Waals surface area contributed by atoms with Crippen molar-refractivity contribution in [2.24, 2.45) is 11.8 Å². The number of carbonyl (C=O) groups is 1. The summed E-state index contributed by atoms with van der Waals surface area (Å²) >= 11 is 0. The largest absolute Gasteiger partial charge is 0.350 e. The molecule has 9 heteroatoms. The van der Waals surface area contributed by atoms with Crippen molar-refractivity contribution < 1.29 is 13.2 Å². The first kappa shape index (κ1) is 16.7. The van der Waals surface area contributed by atoms with E-state index in [1.54, 1.807) is 29.7 Å². The van der Waals surface area contributed by atoms with E-state index in [9.17, 15) is 13.2 Å². The summed E-state index contributed by atoms with van der Waals surface area (Å²) < 4.78 is 25.8. The topological polar surface area (TPSA) is 95.5 Å². The predicted molar refractivity (Wildman–Crippen MR) is 92.4 cm³/mol. The highest BCUT2D eigenvalue weighted by Gasteiger charge is 2.58. The van der Waals surface area contributed by atoms with Crippen molar-refractivity contribution in [3.63, 3.8) is 0 Å². The minimum Gasteiger partial charge on any atom is -0.350 e. The molecule has 25 heavy (non-hydrogen) atoms. The molecule has 3 aliphatic heterocycles. The smallest absolute Gasteiger partial charge is 0.225 e. The van der Waals surface area contributed by atoms with Gasteiger partial charge in [0, 0.05) is 50.0 Å². The molecule has 1 aromatic rings. The zero-order chi connectivity index (χ0) is 17.7. The van der Waals surface area contributed by atoms with Gasteiger partial charge in [-0.25, -0.2) is 22.7 Å². The fourth-order valence-electron chi connectivity index (χ4n) is 4.52. The Morgan fingerprint density at radius 2 is 1.92 bits per heavy atom. The van der Waals surface area contributed by atoms with Crippen LogP contribution < -0.4 is 10.2 Å². The molecule has 2 atom stereocenters. The molecule has 0 radical (unpaired) electrons. The fourth-order valence-corrected chi connectivity index (χ4v) is 5.62. The summed E-state index contributed by atoms with van der Waals surface area (Å²) in [5, 5.41) is 3.21. The number of carbonyl (C=O) groups excluding carboxylic acids is 1. The van der Waals surface area contributed by atoms with Crippen molar-refractivity contribution in [1.82, 2.24) is 19.6 Å². The number of amides is 1. The van der Waals surface area contributed by atoms with E-state index in [0.29, 0.717) is 38.4 Å². The quantitative estimate of drug-likeness (QED) is 0.800. The van der Waals surface area contributed by atoms with E-state index in [4.69, 9.17) is 0 Å². The van der Waals surface area contributed by atoms with E-state index in [0.717, 1.165) is 6.54 Å². The Hall–Kier alpha value is -1.74. The van der Waals surface area contributed by atoms with Crippen molar-refractivity contribution in [2.75, 3.05) is 36.8 Å². The van der Waals surface area contributed by atoms with Gasteiger partial charge >= 0.3 is 0 Å². The van der Waals surface area contributed by atoms with Gasteiger partial charge in [-0.1, -0.05) is 0 Å². The van der Waals surface area contributed by atoms with Gasteiger partial charge < -0.3 is 10.2 Å². The molecular formula is C16H23N5O3S. The van der Waals surface area contributed by atoms with Crippen LogP contribution in [0.5, 0.6) is 0 Å². The Morgan fingerprint density at radius 1 is 1.24 bits per heavy atom. The Bertz CT molecular complexity index is 761. The minimum atomic E-state index is -3.17. The predicted octanol–water partition coefficient (Wildman–Crippen LogP) is -0.157. The molecule has 0 aliphatic carbocycles. The highest BCUT2D eigenvalue weighted by molar-refractivity contribution is 7.89. The summed E-state index contributed by atoms with van der Waals surface area (Å²) in [4.78, 5) is 23.2. The monoisotopic (exact) mass is 365 g/mol. The molecule has 0 aromatic carbocycles. The van der Waals surface area contributed by atoms with E-state index < -0.39 is 10.0 Å². The number of hydrogen-bond donors (Lipinski definition) is 1. The molecule has 3 saturated heterocycles. The molecule has 8 nitrogen and oxygen atoms in total. The van der Waals surface area contributed by atoms with Crippen molar-refractivity contribution in [3.8, 4) is 0 Å². The highest BCUT2D eigenvalue weighted by atomic mass is 32.2. The first-order valence-corrected chi connectivity index (χ1v) is 10.4.